The van der Waals surface area contributed by atoms with Gasteiger partial charge in [0.1, 0.15) is 10.6 Å². The third-order valence-electron chi connectivity index (χ3n) is 3.98. The molecule has 0 saturated carbocycles. The van der Waals surface area contributed by atoms with E-state index in [9.17, 15) is 8.42 Å². The Balaban J connectivity index is 1.93. The summed E-state index contributed by atoms with van der Waals surface area (Å²) in [6, 6.07) is 13.8. The first kappa shape index (κ1) is 18.0. The van der Waals surface area contributed by atoms with Gasteiger partial charge in [-0.1, -0.05) is 24.2 Å². The van der Waals surface area contributed by atoms with E-state index < -0.39 is 10.0 Å². The molecule has 1 N–H and O–H groups in total. The normalized spacial score (nSPS) is 11.3. The van der Waals surface area contributed by atoms with Gasteiger partial charge >= 0.3 is 0 Å². The maximum absolute atomic E-state index is 12.8. The van der Waals surface area contributed by atoms with Crippen molar-refractivity contribution in [1.29, 1.82) is 0 Å². The van der Waals surface area contributed by atoms with E-state index in [1.807, 2.05) is 26.0 Å². The average molecular weight is 372 g/mol. The highest BCUT2D eigenvalue weighted by Gasteiger charge is 2.21. The Bertz CT molecular complexity index is 1010. The van der Waals surface area contributed by atoms with Crippen molar-refractivity contribution in [2.45, 2.75) is 25.2 Å². The molecule has 2 aromatic carbocycles. The summed E-state index contributed by atoms with van der Waals surface area (Å²) in [5.74, 6) is 0.780. The van der Waals surface area contributed by atoms with Gasteiger partial charge in [-0.25, -0.2) is 8.42 Å². The Morgan fingerprint density at radius 3 is 2.42 bits per heavy atom. The highest BCUT2D eigenvalue weighted by molar-refractivity contribution is 7.92. The minimum Gasteiger partial charge on any atom is -0.495 e. The fourth-order valence-corrected chi connectivity index (χ4v) is 3.77. The van der Waals surface area contributed by atoms with Crippen molar-refractivity contribution < 1.29 is 17.7 Å². The largest absolute Gasteiger partial charge is 0.495 e. The lowest BCUT2D eigenvalue weighted by molar-refractivity contribution is 0.402. The van der Waals surface area contributed by atoms with Crippen LogP contribution in [-0.4, -0.2) is 20.7 Å². The van der Waals surface area contributed by atoms with Crippen LogP contribution in [-0.2, 0) is 16.4 Å². The fourth-order valence-electron chi connectivity index (χ4n) is 2.56. The highest BCUT2D eigenvalue weighted by Crippen LogP contribution is 2.31. The molecule has 0 unspecified atom stereocenters. The number of ether oxygens (including phenoxy) is 1. The summed E-state index contributed by atoms with van der Waals surface area (Å²) in [5.41, 5.74) is 3.07. The summed E-state index contributed by atoms with van der Waals surface area (Å²) in [5, 5.41) is 3.84. The number of sulfonamides is 1. The van der Waals surface area contributed by atoms with Crippen LogP contribution in [0.3, 0.4) is 0 Å². The number of rotatable bonds is 6. The smallest absolute Gasteiger partial charge is 0.265 e. The van der Waals surface area contributed by atoms with Crippen LogP contribution in [0.1, 0.15) is 18.2 Å². The lowest BCUT2D eigenvalue weighted by atomic mass is 10.1. The highest BCUT2D eigenvalue weighted by atomic mass is 32.2. The van der Waals surface area contributed by atoms with E-state index in [2.05, 4.69) is 9.88 Å². The summed E-state index contributed by atoms with van der Waals surface area (Å²) in [6.45, 7) is 3.86. The van der Waals surface area contributed by atoms with Crippen molar-refractivity contribution in [1.82, 2.24) is 5.16 Å². The zero-order chi connectivity index (χ0) is 18.7. The monoisotopic (exact) mass is 372 g/mol. The predicted molar refractivity (Wildman–Crippen MR) is 99.9 cm³/mol. The second kappa shape index (κ2) is 7.21. The van der Waals surface area contributed by atoms with Crippen molar-refractivity contribution in [3.63, 3.8) is 0 Å². The van der Waals surface area contributed by atoms with E-state index in [-0.39, 0.29) is 10.6 Å². The first-order chi connectivity index (χ1) is 12.4. The zero-order valence-corrected chi connectivity index (χ0v) is 15.6. The number of benzene rings is 2. The van der Waals surface area contributed by atoms with Gasteiger partial charge < -0.3 is 9.26 Å². The Morgan fingerprint density at radius 1 is 1.12 bits per heavy atom. The Morgan fingerprint density at radius 2 is 1.85 bits per heavy atom. The van der Waals surface area contributed by atoms with Gasteiger partial charge in [-0.05, 0) is 49.2 Å². The summed E-state index contributed by atoms with van der Waals surface area (Å²) in [4.78, 5) is 0.0551. The molecule has 1 heterocycles. The van der Waals surface area contributed by atoms with Crippen molar-refractivity contribution in [2.75, 3.05) is 11.8 Å². The molecule has 0 radical (unpaired) electrons. The maximum atomic E-state index is 12.8. The van der Waals surface area contributed by atoms with Gasteiger partial charge in [0.25, 0.3) is 10.0 Å². The third kappa shape index (κ3) is 3.72. The summed E-state index contributed by atoms with van der Waals surface area (Å²) in [7, 11) is -2.36. The lowest BCUT2D eigenvalue weighted by Gasteiger charge is -2.12. The van der Waals surface area contributed by atoms with Crippen molar-refractivity contribution >= 4 is 15.7 Å². The van der Waals surface area contributed by atoms with E-state index in [0.717, 1.165) is 17.7 Å². The van der Waals surface area contributed by atoms with Gasteiger partial charge in [-0.3, -0.25) is 4.72 Å². The average Bonchev–Trinajstić information content (AvgIpc) is 3.08. The Hall–Kier alpha value is -2.80. The van der Waals surface area contributed by atoms with E-state index in [1.165, 1.54) is 13.2 Å². The van der Waals surface area contributed by atoms with Crippen molar-refractivity contribution in [3.8, 4) is 17.1 Å². The molecule has 0 aliphatic heterocycles. The molecule has 3 rings (SSSR count). The van der Waals surface area contributed by atoms with Crippen LogP contribution in [0.15, 0.2) is 57.9 Å². The minimum atomic E-state index is -3.79. The van der Waals surface area contributed by atoms with Gasteiger partial charge in [0, 0.05) is 17.3 Å². The van der Waals surface area contributed by atoms with Crippen molar-refractivity contribution in [2.24, 2.45) is 0 Å². The summed E-state index contributed by atoms with van der Waals surface area (Å²) >= 11 is 0. The molecular formula is C19H20N2O4S. The van der Waals surface area contributed by atoms with Crippen LogP contribution >= 0.6 is 0 Å². The number of methoxy groups -OCH3 is 1. The number of aryl methyl sites for hydroxylation is 2. The topological polar surface area (TPSA) is 81.4 Å². The first-order valence-electron chi connectivity index (χ1n) is 8.16. The van der Waals surface area contributed by atoms with Gasteiger partial charge in [0.05, 0.1) is 12.8 Å². The second-order valence-corrected chi connectivity index (χ2v) is 7.50. The molecule has 0 spiro atoms. The number of aromatic nitrogens is 1. The predicted octanol–water partition coefficient (Wildman–Crippen LogP) is 4.02. The Labute approximate surface area is 152 Å². The molecule has 0 amide bonds. The van der Waals surface area contributed by atoms with Gasteiger partial charge in [0.2, 0.25) is 0 Å². The second-order valence-electron chi connectivity index (χ2n) is 5.85. The molecule has 1 aromatic heterocycles. The SMILES string of the molecule is CCc1ccc(NS(=O)(=O)c2ccc(-c3cc(C)no3)cc2OC)cc1. The summed E-state index contributed by atoms with van der Waals surface area (Å²) < 4.78 is 38.6. The molecule has 0 atom stereocenters. The van der Waals surface area contributed by atoms with Crippen LogP contribution in [0.4, 0.5) is 5.69 Å². The zero-order valence-electron chi connectivity index (χ0n) is 14.8. The summed E-state index contributed by atoms with van der Waals surface area (Å²) in [6.07, 6.45) is 0.892. The quantitative estimate of drug-likeness (QED) is 0.707. The van der Waals surface area contributed by atoms with Crippen LogP contribution in [0.2, 0.25) is 0 Å². The van der Waals surface area contributed by atoms with Crippen LogP contribution < -0.4 is 9.46 Å². The lowest BCUT2D eigenvalue weighted by Crippen LogP contribution is -2.14. The Kier molecular flexibility index (Phi) is 4.99. The van der Waals surface area contributed by atoms with Crippen LogP contribution in [0.5, 0.6) is 5.75 Å². The first-order valence-corrected chi connectivity index (χ1v) is 9.64. The number of nitrogens with zero attached hydrogens (tertiary/aromatic N) is 1. The molecule has 0 bridgehead atoms. The molecule has 0 fully saturated rings. The minimum absolute atomic E-state index is 0.0551. The van der Waals surface area contributed by atoms with Gasteiger partial charge in [0.15, 0.2) is 5.76 Å². The molecule has 0 saturated heterocycles. The molecular weight excluding hydrogens is 352 g/mol. The number of hydrogen-bond donors (Lipinski definition) is 1. The molecule has 6 nitrogen and oxygen atoms in total. The number of anilines is 1. The number of nitrogens with one attached hydrogen (secondary N) is 1. The van der Waals surface area contributed by atoms with E-state index in [1.54, 1.807) is 30.3 Å². The standard InChI is InChI=1S/C19H20N2O4S/c1-4-14-5-8-16(9-6-14)21-26(22,23)19-10-7-15(12-18(19)24-3)17-11-13(2)20-25-17/h5-12,21H,4H2,1-3H3. The molecule has 0 aliphatic rings. The van der Waals surface area contributed by atoms with Gasteiger partial charge in [-0.2, -0.15) is 0 Å². The van der Waals surface area contributed by atoms with Crippen LogP contribution in [0, 0.1) is 6.92 Å². The van der Waals surface area contributed by atoms with Crippen LogP contribution in [0.25, 0.3) is 11.3 Å². The van der Waals surface area contributed by atoms with E-state index in [4.69, 9.17) is 9.26 Å². The molecule has 136 valence electrons. The maximum Gasteiger partial charge on any atom is 0.265 e. The van der Waals surface area contributed by atoms with E-state index in [0.29, 0.717) is 17.0 Å². The third-order valence-corrected chi connectivity index (χ3v) is 5.40. The molecule has 3 aromatic rings. The fraction of sp³-hybridized carbons (Fsp3) is 0.211. The number of hydrogen-bond acceptors (Lipinski definition) is 5. The molecule has 0 aliphatic carbocycles. The molecule has 7 heteroatoms. The van der Waals surface area contributed by atoms with Crippen molar-refractivity contribution in [3.05, 3.63) is 59.8 Å². The van der Waals surface area contributed by atoms with E-state index >= 15 is 0 Å². The van der Waals surface area contributed by atoms with Gasteiger partial charge in [-0.15, -0.1) is 0 Å². The molecule has 26 heavy (non-hydrogen) atoms.